The number of nitrogens with one attached hydrogen (secondary N) is 1. The summed E-state index contributed by atoms with van der Waals surface area (Å²) in [7, 11) is 0. The first-order chi connectivity index (χ1) is 13.4. The minimum absolute atomic E-state index is 0.178. The second-order valence-corrected chi connectivity index (χ2v) is 9.02. The predicted octanol–water partition coefficient (Wildman–Crippen LogP) is 6.71. The van der Waals surface area contributed by atoms with E-state index in [2.05, 4.69) is 60.1 Å². The highest BCUT2D eigenvalue weighted by atomic mass is 16.5. The number of nitrogens with zero attached hydrogens (tertiary/aromatic N) is 2. The molecular weight excluding hydrogens is 346 g/mol. The van der Waals surface area contributed by atoms with E-state index in [4.69, 9.17) is 9.72 Å². The summed E-state index contributed by atoms with van der Waals surface area (Å²) < 4.78 is 8.19. The van der Waals surface area contributed by atoms with E-state index >= 15 is 0 Å². The molecule has 2 aromatic carbocycles. The van der Waals surface area contributed by atoms with Crippen molar-refractivity contribution in [2.75, 3.05) is 5.32 Å². The van der Waals surface area contributed by atoms with Crippen LogP contribution >= 0.6 is 0 Å². The van der Waals surface area contributed by atoms with Crippen LogP contribution in [0.1, 0.15) is 59.4 Å². The lowest BCUT2D eigenvalue weighted by Gasteiger charge is -2.36. The van der Waals surface area contributed by atoms with Crippen molar-refractivity contribution in [3.05, 3.63) is 48.5 Å². The second kappa shape index (κ2) is 7.50. The molecular formula is C24H31N3O. The minimum atomic E-state index is 0.178. The van der Waals surface area contributed by atoms with Crippen LogP contribution in [-0.2, 0) is 0 Å². The lowest BCUT2D eigenvalue weighted by atomic mass is 9.75. The van der Waals surface area contributed by atoms with Crippen molar-refractivity contribution in [3.8, 4) is 5.75 Å². The Morgan fingerprint density at radius 1 is 1.11 bits per heavy atom. The normalized spacial score (nSPS) is 19.1. The molecule has 0 spiro atoms. The molecule has 0 aliphatic heterocycles. The number of para-hydroxylation sites is 2. The van der Waals surface area contributed by atoms with Crippen LogP contribution in [0.15, 0.2) is 48.5 Å². The van der Waals surface area contributed by atoms with Gasteiger partial charge in [-0.1, -0.05) is 32.4 Å². The van der Waals surface area contributed by atoms with Crippen LogP contribution in [0.4, 0.5) is 11.6 Å². The lowest BCUT2D eigenvalue weighted by Crippen LogP contribution is -2.25. The zero-order valence-electron chi connectivity index (χ0n) is 17.4. The van der Waals surface area contributed by atoms with E-state index in [1.165, 1.54) is 31.2 Å². The van der Waals surface area contributed by atoms with Gasteiger partial charge in [-0.3, -0.25) is 0 Å². The van der Waals surface area contributed by atoms with Crippen LogP contribution in [-0.4, -0.2) is 15.7 Å². The molecule has 28 heavy (non-hydrogen) atoms. The second-order valence-electron chi connectivity index (χ2n) is 9.02. The standard InChI is InChI=1S/C24H31N3O/c1-17(2)28-20-13-11-18(12-14-20)25-23-26-21-9-5-6-10-22(21)27(23)19-8-7-15-24(3,4)16-19/h5-6,9-14,17,19H,7-8,15-16H2,1-4H3,(H,25,26)/t19-/m1/s1. The Hall–Kier alpha value is -2.49. The van der Waals surface area contributed by atoms with Gasteiger partial charge in [-0.25, -0.2) is 4.98 Å². The fourth-order valence-electron chi connectivity index (χ4n) is 4.40. The van der Waals surface area contributed by atoms with Gasteiger partial charge < -0.3 is 14.6 Å². The van der Waals surface area contributed by atoms with Gasteiger partial charge in [-0.2, -0.15) is 0 Å². The summed E-state index contributed by atoms with van der Waals surface area (Å²) in [5, 5.41) is 3.56. The molecule has 0 amide bonds. The van der Waals surface area contributed by atoms with Crippen LogP contribution < -0.4 is 10.1 Å². The van der Waals surface area contributed by atoms with Gasteiger partial charge in [-0.05, 0) is 74.9 Å². The predicted molar refractivity (Wildman–Crippen MR) is 117 cm³/mol. The summed E-state index contributed by atoms with van der Waals surface area (Å²) in [4.78, 5) is 4.92. The average Bonchev–Trinajstić information content (AvgIpc) is 3.00. The third-order valence-corrected chi connectivity index (χ3v) is 5.62. The SMILES string of the molecule is CC(C)Oc1ccc(Nc2nc3ccccc3n2[C@@H]2CCCC(C)(C)C2)cc1. The highest BCUT2D eigenvalue weighted by molar-refractivity contribution is 5.80. The maximum atomic E-state index is 5.76. The minimum Gasteiger partial charge on any atom is -0.491 e. The largest absolute Gasteiger partial charge is 0.491 e. The molecule has 4 heteroatoms. The number of fused-ring (bicyclic) bond motifs is 1. The summed E-state index contributed by atoms with van der Waals surface area (Å²) in [6.45, 7) is 8.86. The third-order valence-electron chi connectivity index (χ3n) is 5.62. The number of rotatable bonds is 5. The van der Waals surface area contributed by atoms with Crippen LogP contribution in [0.25, 0.3) is 11.0 Å². The summed E-state index contributed by atoms with van der Waals surface area (Å²) >= 11 is 0. The molecule has 1 aliphatic rings. The molecule has 1 fully saturated rings. The Morgan fingerprint density at radius 3 is 2.57 bits per heavy atom. The Labute approximate surface area is 167 Å². The molecule has 0 unspecified atom stereocenters. The van der Waals surface area contributed by atoms with Crippen LogP contribution in [0, 0.1) is 5.41 Å². The molecule has 148 valence electrons. The van der Waals surface area contributed by atoms with Crippen LogP contribution in [0.2, 0.25) is 0 Å². The zero-order chi connectivity index (χ0) is 19.7. The molecule has 4 nitrogen and oxygen atoms in total. The maximum Gasteiger partial charge on any atom is 0.208 e. The Balaban J connectivity index is 1.67. The smallest absolute Gasteiger partial charge is 0.208 e. The van der Waals surface area contributed by atoms with Gasteiger partial charge in [0, 0.05) is 11.7 Å². The van der Waals surface area contributed by atoms with Crippen LogP contribution in [0.3, 0.4) is 0 Å². The molecule has 3 aromatic rings. The highest BCUT2D eigenvalue weighted by Gasteiger charge is 2.31. The van der Waals surface area contributed by atoms with Crippen molar-refractivity contribution in [3.63, 3.8) is 0 Å². The third kappa shape index (κ3) is 4.01. The van der Waals surface area contributed by atoms with E-state index in [1.54, 1.807) is 0 Å². The first-order valence-corrected chi connectivity index (χ1v) is 10.4. The van der Waals surface area contributed by atoms with E-state index in [0.29, 0.717) is 11.5 Å². The van der Waals surface area contributed by atoms with E-state index in [0.717, 1.165) is 22.9 Å². The van der Waals surface area contributed by atoms with Gasteiger partial charge in [0.1, 0.15) is 5.75 Å². The number of benzene rings is 2. The molecule has 1 N–H and O–H groups in total. The molecule has 0 saturated heterocycles. The fourth-order valence-corrected chi connectivity index (χ4v) is 4.40. The summed E-state index contributed by atoms with van der Waals surface area (Å²) in [5.74, 6) is 1.82. The number of aromatic nitrogens is 2. The van der Waals surface area contributed by atoms with Gasteiger partial charge in [-0.15, -0.1) is 0 Å². The van der Waals surface area contributed by atoms with Gasteiger partial charge in [0.25, 0.3) is 0 Å². The first-order valence-electron chi connectivity index (χ1n) is 10.4. The number of hydrogen-bond acceptors (Lipinski definition) is 3. The fraction of sp³-hybridized carbons (Fsp3) is 0.458. The van der Waals surface area contributed by atoms with E-state index in [1.807, 2.05) is 26.0 Å². The van der Waals surface area contributed by atoms with E-state index in [9.17, 15) is 0 Å². The quantitative estimate of drug-likeness (QED) is 0.537. The van der Waals surface area contributed by atoms with Crippen molar-refractivity contribution in [2.24, 2.45) is 5.41 Å². The molecule has 0 bridgehead atoms. The molecule has 0 radical (unpaired) electrons. The van der Waals surface area contributed by atoms with E-state index < -0.39 is 0 Å². The van der Waals surface area contributed by atoms with Crippen molar-refractivity contribution in [2.45, 2.75) is 65.5 Å². The summed E-state index contributed by atoms with van der Waals surface area (Å²) in [6, 6.07) is 17.1. The molecule has 1 saturated carbocycles. The molecule has 1 aliphatic carbocycles. The lowest BCUT2D eigenvalue weighted by molar-refractivity contribution is 0.187. The average molecular weight is 378 g/mol. The Kier molecular flexibility index (Phi) is 5.05. The maximum absolute atomic E-state index is 5.76. The van der Waals surface area contributed by atoms with Crippen molar-refractivity contribution in [1.82, 2.24) is 9.55 Å². The number of anilines is 2. The number of imidazole rings is 1. The van der Waals surface area contributed by atoms with Gasteiger partial charge in [0.15, 0.2) is 0 Å². The Morgan fingerprint density at radius 2 is 1.86 bits per heavy atom. The zero-order valence-corrected chi connectivity index (χ0v) is 17.4. The van der Waals surface area contributed by atoms with Gasteiger partial charge >= 0.3 is 0 Å². The number of hydrogen-bond donors (Lipinski definition) is 1. The molecule has 4 rings (SSSR count). The summed E-state index contributed by atoms with van der Waals surface area (Å²) in [6.07, 6.45) is 5.14. The topological polar surface area (TPSA) is 39.1 Å². The molecule has 1 heterocycles. The van der Waals surface area contributed by atoms with Crippen molar-refractivity contribution in [1.29, 1.82) is 0 Å². The highest BCUT2D eigenvalue weighted by Crippen LogP contribution is 2.43. The monoisotopic (exact) mass is 377 g/mol. The first kappa shape index (κ1) is 18.9. The molecule has 1 aromatic heterocycles. The Bertz CT molecular complexity index is 940. The number of ether oxygens (including phenoxy) is 1. The van der Waals surface area contributed by atoms with Gasteiger partial charge in [0.05, 0.1) is 17.1 Å². The van der Waals surface area contributed by atoms with E-state index in [-0.39, 0.29) is 6.10 Å². The summed E-state index contributed by atoms with van der Waals surface area (Å²) in [5.41, 5.74) is 3.67. The van der Waals surface area contributed by atoms with Crippen LogP contribution in [0.5, 0.6) is 5.75 Å². The van der Waals surface area contributed by atoms with Crippen molar-refractivity contribution >= 4 is 22.7 Å². The van der Waals surface area contributed by atoms with Gasteiger partial charge in [0.2, 0.25) is 5.95 Å². The van der Waals surface area contributed by atoms with Crippen molar-refractivity contribution < 1.29 is 4.74 Å². The molecule has 1 atom stereocenters.